The molecule has 262 valence electrons. The largest absolute Gasteiger partial charge is 0.504 e. The van der Waals surface area contributed by atoms with E-state index in [0.717, 1.165) is 28.8 Å². The molecule has 12 nitrogen and oxygen atoms in total. The molecule has 0 spiro atoms. The van der Waals surface area contributed by atoms with Gasteiger partial charge >= 0.3 is 5.69 Å². The minimum atomic E-state index is -1.17. The zero-order valence-electron chi connectivity index (χ0n) is 27.8. The molecule has 12 heteroatoms. The van der Waals surface area contributed by atoms with Gasteiger partial charge in [-0.2, -0.15) is 0 Å². The molecule has 1 atom stereocenters. The van der Waals surface area contributed by atoms with Crippen molar-refractivity contribution < 1.29 is 29.8 Å². The van der Waals surface area contributed by atoms with Crippen LogP contribution in [0.4, 0.5) is 5.69 Å². The number of aromatic nitrogens is 2. The van der Waals surface area contributed by atoms with Crippen LogP contribution >= 0.6 is 0 Å². The van der Waals surface area contributed by atoms with Crippen LogP contribution in [0.1, 0.15) is 38.3 Å². The van der Waals surface area contributed by atoms with Crippen LogP contribution in [0, 0.1) is 10.1 Å². The molecule has 0 bridgehead atoms. The molecule has 6 rings (SSSR count). The minimum absolute atomic E-state index is 0.0425. The summed E-state index contributed by atoms with van der Waals surface area (Å²) in [7, 11) is 0. The van der Waals surface area contributed by atoms with Crippen molar-refractivity contribution in [2.24, 2.45) is 0 Å². The van der Waals surface area contributed by atoms with E-state index < -0.39 is 39.8 Å². The van der Waals surface area contributed by atoms with Crippen LogP contribution < -0.4 is 10.6 Å². The summed E-state index contributed by atoms with van der Waals surface area (Å²) in [5, 5.41) is 46.4. The Hall–Kier alpha value is -6.95. The Morgan fingerprint density at radius 2 is 1.35 bits per heavy atom. The highest BCUT2D eigenvalue weighted by Crippen LogP contribution is 2.41. The summed E-state index contributed by atoms with van der Waals surface area (Å²) in [6, 6.07) is 36.3. The minimum Gasteiger partial charge on any atom is -0.504 e. The average molecular weight is 698 g/mol. The Kier molecular flexibility index (Phi) is 10.3. The summed E-state index contributed by atoms with van der Waals surface area (Å²) >= 11 is 0. The summed E-state index contributed by atoms with van der Waals surface area (Å²) in [6.07, 6.45) is 3.80. The summed E-state index contributed by atoms with van der Waals surface area (Å²) < 4.78 is 1.99. The zero-order valence-corrected chi connectivity index (χ0v) is 27.8. The van der Waals surface area contributed by atoms with E-state index in [0.29, 0.717) is 17.7 Å². The van der Waals surface area contributed by atoms with Gasteiger partial charge in [0.05, 0.1) is 16.9 Å². The van der Waals surface area contributed by atoms with Crippen molar-refractivity contribution in [3.8, 4) is 17.2 Å². The first kappa shape index (κ1) is 34.9. The molecule has 0 saturated carbocycles. The van der Waals surface area contributed by atoms with Gasteiger partial charge in [-0.05, 0) is 52.9 Å². The van der Waals surface area contributed by atoms with Crippen LogP contribution in [0.5, 0.6) is 17.2 Å². The summed E-state index contributed by atoms with van der Waals surface area (Å²) in [5.74, 6) is -2.45. The lowest BCUT2D eigenvalue weighted by Crippen LogP contribution is -2.48. The second kappa shape index (κ2) is 15.3. The van der Waals surface area contributed by atoms with Gasteiger partial charge in [-0.25, -0.2) is 4.98 Å². The van der Waals surface area contributed by atoms with E-state index in [-0.39, 0.29) is 30.0 Å². The fourth-order valence-corrected chi connectivity index (χ4v) is 6.29. The number of aromatic hydroxyl groups is 3. The van der Waals surface area contributed by atoms with E-state index in [1.807, 2.05) is 102 Å². The lowest BCUT2D eigenvalue weighted by Gasteiger charge is -2.37. The van der Waals surface area contributed by atoms with Gasteiger partial charge in [-0.1, -0.05) is 97.1 Å². The molecule has 1 aromatic heterocycles. The standard InChI is InChI=1S/C40H35N5O7/c46-35-19-17-28(23-34(35)45(51)52)38(49)43-33(39(50)41-21-20-27-16-18-36(47)37(48)22-27)24-32-25-44(26-42-32)40(29-10-4-1-5-11-29,30-12-6-2-7-13-30)31-14-8-3-9-15-31/h1-19,22-23,25-26,33,46-48H,20-21,24H2,(H,41,50)(H,43,49)/t33-/m1/s1. The maximum absolute atomic E-state index is 13.7. The highest BCUT2D eigenvalue weighted by Gasteiger charge is 2.38. The van der Waals surface area contributed by atoms with Crippen molar-refractivity contribution in [1.82, 2.24) is 20.2 Å². The molecule has 1 heterocycles. The normalized spacial score (nSPS) is 11.8. The van der Waals surface area contributed by atoms with Crippen LogP contribution in [0.25, 0.3) is 0 Å². The lowest BCUT2D eigenvalue weighted by molar-refractivity contribution is -0.385. The number of hydrogen-bond donors (Lipinski definition) is 5. The first-order valence-corrected chi connectivity index (χ1v) is 16.4. The topological polar surface area (TPSA) is 180 Å². The Balaban J connectivity index is 1.34. The number of imidazole rings is 1. The number of carbonyl (C=O) groups excluding carboxylic acids is 2. The van der Waals surface area contributed by atoms with Crippen LogP contribution in [0.15, 0.2) is 140 Å². The molecule has 0 aliphatic carbocycles. The maximum Gasteiger partial charge on any atom is 0.311 e. The third-order valence-electron chi connectivity index (χ3n) is 8.82. The Morgan fingerprint density at radius 1 is 0.769 bits per heavy atom. The Bertz CT molecular complexity index is 2090. The maximum atomic E-state index is 13.7. The van der Waals surface area contributed by atoms with Crippen LogP contribution in [0.3, 0.4) is 0 Å². The van der Waals surface area contributed by atoms with Crippen molar-refractivity contribution in [2.45, 2.75) is 24.4 Å². The number of nitro groups is 1. The van der Waals surface area contributed by atoms with E-state index >= 15 is 0 Å². The fraction of sp³-hybridized carbons (Fsp3) is 0.125. The number of nitro benzene ring substituents is 1. The van der Waals surface area contributed by atoms with Crippen molar-refractivity contribution >= 4 is 17.5 Å². The molecule has 2 amide bonds. The monoisotopic (exact) mass is 697 g/mol. The quantitative estimate of drug-likeness (QED) is 0.0458. The van der Waals surface area contributed by atoms with E-state index in [1.54, 1.807) is 12.4 Å². The number of carbonyl (C=O) groups is 2. The van der Waals surface area contributed by atoms with Crippen LogP contribution in [0.2, 0.25) is 0 Å². The number of rotatable bonds is 13. The predicted molar refractivity (Wildman–Crippen MR) is 193 cm³/mol. The average Bonchev–Trinajstić information content (AvgIpc) is 3.63. The van der Waals surface area contributed by atoms with E-state index in [2.05, 4.69) is 10.6 Å². The number of benzene rings is 5. The number of nitrogens with zero attached hydrogens (tertiary/aromatic N) is 3. The number of nitrogens with one attached hydrogen (secondary N) is 2. The molecule has 5 aromatic carbocycles. The smallest absolute Gasteiger partial charge is 0.311 e. The third kappa shape index (κ3) is 7.31. The van der Waals surface area contributed by atoms with Crippen molar-refractivity contribution in [3.05, 3.63) is 184 Å². The van der Waals surface area contributed by atoms with E-state index in [1.165, 1.54) is 18.2 Å². The van der Waals surface area contributed by atoms with Crippen molar-refractivity contribution in [3.63, 3.8) is 0 Å². The SMILES string of the molecule is O=C(N[C@H](Cc1cn(C(c2ccccc2)(c2ccccc2)c2ccccc2)cn1)C(=O)NCCc1ccc(O)c(O)c1)c1ccc(O)c([N+](=O)[O-])c1. The first-order valence-electron chi connectivity index (χ1n) is 16.4. The molecule has 0 saturated heterocycles. The number of amides is 2. The van der Waals surface area contributed by atoms with Gasteiger partial charge in [-0.3, -0.25) is 19.7 Å². The number of phenolic OH excluding ortho intramolecular Hbond substituents is 3. The van der Waals surface area contributed by atoms with Crippen LogP contribution in [-0.2, 0) is 23.2 Å². The van der Waals surface area contributed by atoms with Crippen molar-refractivity contribution in [1.29, 1.82) is 0 Å². The fourth-order valence-electron chi connectivity index (χ4n) is 6.29. The van der Waals surface area contributed by atoms with Crippen LogP contribution in [-0.4, -0.2) is 54.2 Å². The zero-order chi connectivity index (χ0) is 36.7. The lowest BCUT2D eigenvalue weighted by atomic mass is 9.77. The van der Waals surface area contributed by atoms with Crippen molar-refractivity contribution in [2.75, 3.05) is 6.54 Å². The Labute approximate surface area is 298 Å². The van der Waals surface area contributed by atoms with Gasteiger partial charge in [0, 0.05) is 30.8 Å². The second-order valence-electron chi connectivity index (χ2n) is 12.1. The molecule has 0 fully saturated rings. The number of hydrogen-bond acceptors (Lipinski definition) is 8. The van der Waals surface area contributed by atoms with Gasteiger partial charge in [0.25, 0.3) is 5.91 Å². The second-order valence-corrected chi connectivity index (χ2v) is 12.1. The number of phenols is 3. The van der Waals surface area contributed by atoms with Gasteiger partial charge in [-0.15, -0.1) is 0 Å². The molecule has 5 N–H and O–H groups in total. The molecule has 6 aromatic rings. The van der Waals surface area contributed by atoms with Gasteiger partial charge < -0.3 is 30.5 Å². The summed E-state index contributed by atoms with van der Waals surface area (Å²) in [4.78, 5) is 42.5. The molecule has 0 radical (unpaired) electrons. The molecular formula is C40H35N5O7. The molecule has 0 aliphatic rings. The van der Waals surface area contributed by atoms with Gasteiger partial charge in [0.2, 0.25) is 5.91 Å². The summed E-state index contributed by atoms with van der Waals surface area (Å²) in [6.45, 7) is 0.133. The third-order valence-corrected chi connectivity index (χ3v) is 8.82. The van der Waals surface area contributed by atoms with E-state index in [4.69, 9.17) is 4.98 Å². The molecular weight excluding hydrogens is 662 g/mol. The highest BCUT2D eigenvalue weighted by molar-refractivity contribution is 5.98. The molecule has 0 unspecified atom stereocenters. The van der Waals surface area contributed by atoms with Gasteiger partial charge in [0.15, 0.2) is 17.2 Å². The van der Waals surface area contributed by atoms with Gasteiger partial charge in [0.1, 0.15) is 11.6 Å². The van der Waals surface area contributed by atoms with E-state index in [9.17, 15) is 35.0 Å². The molecule has 52 heavy (non-hydrogen) atoms. The first-order chi connectivity index (χ1) is 25.2. The Morgan fingerprint density at radius 3 is 1.90 bits per heavy atom. The molecule has 0 aliphatic heterocycles. The highest BCUT2D eigenvalue weighted by atomic mass is 16.6. The predicted octanol–water partition coefficient (Wildman–Crippen LogP) is 5.45. The summed E-state index contributed by atoms with van der Waals surface area (Å²) in [5.41, 5.74) is 2.40.